The van der Waals surface area contributed by atoms with Gasteiger partial charge in [-0.2, -0.15) is 0 Å². The van der Waals surface area contributed by atoms with Crippen molar-refractivity contribution in [2.24, 2.45) is 0 Å². The number of carboxylic acid groups (broad SMARTS) is 1. The fourth-order valence-electron chi connectivity index (χ4n) is 2.77. The van der Waals surface area contributed by atoms with Crippen LogP contribution >= 0.6 is 36.4 Å². The molecule has 0 aliphatic carbocycles. The molecule has 0 atom stereocenters. The van der Waals surface area contributed by atoms with Crippen LogP contribution in [0.1, 0.15) is 27.0 Å². The predicted molar refractivity (Wildman–Crippen MR) is 125 cm³/mol. The van der Waals surface area contributed by atoms with Crippen LogP contribution in [0.2, 0.25) is 5.02 Å². The topological polar surface area (TPSA) is 80.7 Å². The monoisotopic (exact) mass is 484 g/mol. The number of rotatable bonds is 9. The molecular formula is C22H23Cl3N2O4. The third-order valence-electron chi connectivity index (χ3n) is 4.25. The molecule has 0 spiro atoms. The van der Waals surface area contributed by atoms with E-state index in [1.807, 2.05) is 24.3 Å². The molecule has 2 aromatic carbocycles. The molecule has 0 fully saturated rings. The van der Waals surface area contributed by atoms with Gasteiger partial charge in [0.05, 0.1) is 17.7 Å². The number of pyridine rings is 1. The van der Waals surface area contributed by atoms with Crippen molar-refractivity contribution in [3.05, 3.63) is 88.2 Å². The lowest BCUT2D eigenvalue weighted by Crippen LogP contribution is -2.13. The molecule has 166 valence electrons. The van der Waals surface area contributed by atoms with Crippen molar-refractivity contribution in [1.82, 2.24) is 10.3 Å². The van der Waals surface area contributed by atoms with E-state index in [4.69, 9.17) is 26.2 Å². The fourth-order valence-corrected chi connectivity index (χ4v) is 3.06. The van der Waals surface area contributed by atoms with Gasteiger partial charge in [-0.15, -0.1) is 24.8 Å². The second kappa shape index (κ2) is 13.0. The molecule has 1 aromatic heterocycles. The summed E-state index contributed by atoms with van der Waals surface area (Å²) in [5, 5.41) is 12.7. The summed E-state index contributed by atoms with van der Waals surface area (Å²) < 4.78 is 11.3. The minimum atomic E-state index is -0.933. The van der Waals surface area contributed by atoms with Crippen molar-refractivity contribution in [3.63, 3.8) is 0 Å². The summed E-state index contributed by atoms with van der Waals surface area (Å²) in [6.07, 6.45) is 3.45. The number of carbonyl (C=O) groups is 1. The zero-order valence-electron chi connectivity index (χ0n) is 16.7. The van der Waals surface area contributed by atoms with E-state index in [2.05, 4.69) is 10.3 Å². The number of hydrogen-bond acceptors (Lipinski definition) is 5. The maximum Gasteiger partial charge on any atom is 0.335 e. The second-order valence-electron chi connectivity index (χ2n) is 6.36. The summed E-state index contributed by atoms with van der Waals surface area (Å²) in [5.41, 5.74) is 3.14. The van der Waals surface area contributed by atoms with Gasteiger partial charge in [-0.05, 0) is 41.5 Å². The maximum atomic E-state index is 10.9. The molecule has 2 N–H and O–H groups in total. The van der Waals surface area contributed by atoms with Gasteiger partial charge >= 0.3 is 5.97 Å². The quantitative estimate of drug-likeness (QED) is 0.436. The number of carboxylic acids is 1. The zero-order valence-corrected chi connectivity index (χ0v) is 19.1. The van der Waals surface area contributed by atoms with Crippen molar-refractivity contribution in [2.45, 2.75) is 19.7 Å². The molecular weight excluding hydrogens is 463 g/mol. The number of ether oxygens (including phenoxy) is 2. The van der Waals surface area contributed by atoms with Gasteiger partial charge in [0.25, 0.3) is 0 Å². The van der Waals surface area contributed by atoms with Crippen LogP contribution in [0.15, 0.2) is 60.9 Å². The van der Waals surface area contributed by atoms with Gasteiger partial charge in [-0.3, -0.25) is 4.98 Å². The molecule has 0 bridgehead atoms. The highest BCUT2D eigenvalue weighted by Crippen LogP contribution is 2.37. The van der Waals surface area contributed by atoms with Crippen LogP contribution < -0.4 is 14.8 Å². The summed E-state index contributed by atoms with van der Waals surface area (Å²) >= 11 is 6.42. The van der Waals surface area contributed by atoms with Gasteiger partial charge in [-0.1, -0.05) is 29.8 Å². The first-order valence-corrected chi connectivity index (χ1v) is 9.35. The van der Waals surface area contributed by atoms with Crippen molar-refractivity contribution in [2.75, 3.05) is 7.11 Å². The summed E-state index contributed by atoms with van der Waals surface area (Å²) in [4.78, 5) is 15.0. The van der Waals surface area contributed by atoms with E-state index >= 15 is 0 Å². The molecule has 3 aromatic rings. The average Bonchev–Trinajstić information content (AvgIpc) is 2.73. The van der Waals surface area contributed by atoms with Crippen LogP contribution in [0.3, 0.4) is 0 Å². The van der Waals surface area contributed by atoms with E-state index < -0.39 is 5.97 Å². The molecule has 0 unspecified atom stereocenters. The highest BCUT2D eigenvalue weighted by molar-refractivity contribution is 6.32. The van der Waals surface area contributed by atoms with Gasteiger partial charge in [0, 0.05) is 31.0 Å². The van der Waals surface area contributed by atoms with Crippen molar-refractivity contribution in [3.8, 4) is 11.5 Å². The number of benzene rings is 2. The van der Waals surface area contributed by atoms with Gasteiger partial charge < -0.3 is 19.9 Å². The first kappa shape index (κ1) is 26.5. The normalized spacial score (nSPS) is 9.87. The van der Waals surface area contributed by atoms with Gasteiger partial charge in [0.2, 0.25) is 0 Å². The van der Waals surface area contributed by atoms with Crippen LogP contribution in [0.5, 0.6) is 11.5 Å². The Labute approximate surface area is 198 Å². The number of methoxy groups -OCH3 is 1. The summed E-state index contributed by atoms with van der Waals surface area (Å²) in [6.45, 7) is 1.51. The van der Waals surface area contributed by atoms with Crippen LogP contribution in [0.4, 0.5) is 0 Å². The number of nitrogens with one attached hydrogen (secondary N) is 1. The molecule has 1 heterocycles. The lowest BCUT2D eigenvalue weighted by atomic mass is 10.1. The Morgan fingerprint density at radius 1 is 1.06 bits per heavy atom. The Morgan fingerprint density at radius 3 is 2.39 bits per heavy atom. The van der Waals surface area contributed by atoms with Gasteiger partial charge in [0.1, 0.15) is 6.61 Å². The van der Waals surface area contributed by atoms with Crippen LogP contribution in [-0.2, 0) is 19.7 Å². The SMILES string of the molecule is COc1cc(CNCc2ccc(C(=O)O)cc2)cc(Cl)c1OCc1cccnc1.Cl.Cl. The summed E-state index contributed by atoms with van der Waals surface area (Å²) in [7, 11) is 1.57. The van der Waals surface area contributed by atoms with E-state index in [1.54, 1.807) is 43.8 Å². The lowest BCUT2D eigenvalue weighted by molar-refractivity contribution is 0.0697. The minimum absolute atomic E-state index is 0. The molecule has 0 aliphatic heterocycles. The van der Waals surface area contributed by atoms with Crippen LogP contribution in [0.25, 0.3) is 0 Å². The van der Waals surface area contributed by atoms with Gasteiger partial charge in [-0.25, -0.2) is 4.79 Å². The smallest absolute Gasteiger partial charge is 0.335 e. The Kier molecular flexibility index (Phi) is 11.1. The first-order valence-electron chi connectivity index (χ1n) is 8.98. The number of aromatic carboxylic acids is 1. The molecule has 0 aliphatic rings. The third kappa shape index (κ3) is 7.60. The zero-order chi connectivity index (χ0) is 20.6. The van der Waals surface area contributed by atoms with Gasteiger partial charge in [0.15, 0.2) is 11.5 Å². The molecule has 0 radical (unpaired) electrons. The Morgan fingerprint density at radius 2 is 1.77 bits per heavy atom. The molecule has 9 heteroatoms. The molecule has 31 heavy (non-hydrogen) atoms. The largest absolute Gasteiger partial charge is 0.493 e. The number of halogens is 3. The van der Waals surface area contributed by atoms with E-state index in [1.165, 1.54) is 0 Å². The lowest BCUT2D eigenvalue weighted by Gasteiger charge is -2.14. The molecule has 0 saturated carbocycles. The Hall–Kier alpha value is -2.51. The molecule has 3 rings (SSSR count). The van der Waals surface area contributed by atoms with Crippen molar-refractivity contribution in [1.29, 1.82) is 0 Å². The highest BCUT2D eigenvalue weighted by Gasteiger charge is 2.12. The molecule has 6 nitrogen and oxygen atoms in total. The van der Waals surface area contributed by atoms with E-state index in [0.717, 1.165) is 16.7 Å². The van der Waals surface area contributed by atoms with Crippen LogP contribution in [-0.4, -0.2) is 23.2 Å². The number of nitrogens with zero attached hydrogens (tertiary/aromatic N) is 1. The van der Waals surface area contributed by atoms with Crippen molar-refractivity contribution >= 4 is 42.4 Å². The summed E-state index contributed by atoms with van der Waals surface area (Å²) in [6, 6.07) is 14.3. The van der Waals surface area contributed by atoms with Crippen molar-refractivity contribution < 1.29 is 19.4 Å². The summed E-state index contributed by atoms with van der Waals surface area (Å²) in [5.74, 6) is 0.118. The maximum absolute atomic E-state index is 10.9. The van der Waals surface area contributed by atoms with E-state index in [0.29, 0.717) is 36.2 Å². The average molecular weight is 486 g/mol. The predicted octanol–water partition coefficient (Wildman–Crippen LogP) is 5.15. The first-order chi connectivity index (χ1) is 14.1. The second-order valence-corrected chi connectivity index (χ2v) is 6.77. The molecule has 0 amide bonds. The van der Waals surface area contributed by atoms with Crippen LogP contribution in [0, 0.1) is 0 Å². The fraction of sp³-hybridized carbons (Fsp3) is 0.182. The molecule has 0 saturated heterocycles. The number of hydrogen-bond donors (Lipinski definition) is 2. The number of aromatic nitrogens is 1. The Balaban J connectivity index is 0.00000240. The van der Waals surface area contributed by atoms with E-state index in [-0.39, 0.29) is 30.4 Å². The highest BCUT2D eigenvalue weighted by atomic mass is 35.5. The Bertz CT molecular complexity index is 970. The minimum Gasteiger partial charge on any atom is -0.493 e. The standard InChI is InChI=1S/C22H21ClN2O4.2ClH/c1-28-20-10-17(13-25-11-15-4-6-18(7-5-15)22(26)27)9-19(23)21(20)29-14-16-3-2-8-24-12-16;;/h2-10,12,25H,11,13-14H2,1H3,(H,26,27);2*1H. The van der Waals surface area contributed by atoms with E-state index in [9.17, 15) is 4.79 Å². The third-order valence-corrected chi connectivity index (χ3v) is 4.54.